The van der Waals surface area contributed by atoms with Crippen LogP contribution in [0.2, 0.25) is 0 Å². The number of sulfonamides is 1. The minimum atomic E-state index is -4.20. The standard InChI is InChI=1S/C29H30N2O4S/c1-20(2)31(21(3)4)27-24-17-11-12-18-26(24)36(34,35)30(19-25(32)22-13-7-5-8-14-22)28(27)29(33)23-15-9-6-10-16-23/h5-18,20-21H,19H2,1-4H3. The summed E-state index contributed by atoms with van der Waals surface area (Å²) in [6.07, 6.45) is 0. The van der Waals surface area contributed by atoms with Gasteiger partial charge in [-0.05, 0) is 33.8 Å². The van der Waals surface area contributed by atoms with Crippen LogP contribution >= 0.6 is 0 Å². The number of nitrogens with zero attached hydrogens (tertiary/aromatic N) is 2. The van der Waals surface area contributed by atoms with Crippen molar-refractivity contribution in [3.63, 3.8) is 0 Å². The average molecular weight is 503 g/mol. The van der Waals surface area contributed by atoms with Crippen LogP contribution in [-0.2, 0) is 10.0 Å². The first-order valence-electron chi connectivity index (χ1n) is 12.0. The summed E-state index contributed by atoms with van der Waals surface area (Å²) in [7, 11) is -4.20. The third-order valence-electron chi connectivity index (χ3n) is 6.19. The molecule has 1 aliphatic heterocycles. The highest BCUT2D eigenvalue weighted by Gasteiger charge is 2.43. The Bertz CT molecular complexity index is 1400. The van der Waals surface area contributed by atoms with Crippen molar-refractivity contribution < 1.29 is 18.0 Å². The Hall–Kier alpha value is -3.71. The molecule has 1 heterocycles. The summed E-state index contributed by atoms with van der Waals surface area (Å²) in [5, 5.41) is 0. The van der Waals surface area contributed by atoms with Crippen molar-refractivity contribution in [1.82, 2.24) is 9.21 Å². The molecule has 186 valence electrons. The number of benzene rings is 3. The summed E-state index contributed by atoms with van der Waals surface area (Å²) < 4.78 is 29.0. The van der Waals surface area contributed by atoms with Crippen LogP contribution in [0.15, 0.2) is 95.5 Å². The number of carbonyl (C=O) groups excluding carboxylic acids is 2. The largest absolute Gasteiger partial charge is 0.364 e. The minimum absolute atomic E-state index is 0.00780. The quantitative estimate of drug-likeness (QED) is 0.394. The molecule has 0 aliphatic carbocycles. The minimum Gasteiger partial charge on any atom is -0.364 e. The van der Waals surface area contributed by atoms with E-state index in [1.807, 2.05) is 32.6 Å². The smallest absolute Gasteiger partial charge is 0.265 e. The van der Waals surface area contributed by atoms with Gasteiger partial charge in [-0.2, -0.15) is 0 Å². The zero-order valence-electron chi connectivity index (χ0n) is 20.9. The van der Waals surface area contributed by atoms with E-state index in [-0.39, 0.29) is 22.7 Å². The number of ketones is 2. The predicted molar refractivity (Wildman–Crippen MR) is 141 cm³/mol. The summed E-state index contributed by atoms with van der Waals surface area (Å²) >= 11 is 0. The second-order valence-electron chi connectivity index (χ2n) is 9.28. The Balaban J connectivity index is 2.04. The van der Waals surface area contributed by atoms with Gasteiger partial charge in [-0.1, -0.05) is 78.9 Å². The molecular formula is C29H30N2O4S. The fraction of sp³-hybridized carbons (Fsp3) is 0.241. The molecule has 0 atom stereocenters. The molecule has 0 N–H and O–H groups in total. The van der Waals surface area contributed by atoms with Crippen LogP contribution in [0.1, 0.15) is 54.0 Å². The van der Waals surface area contributed by atoms with Gasteiger partial charge in [-0.15, -0.1) is 0 Å². The van der Waals surface area contributed by atoms with Gasteiger partial charge in [-0.25, -0.2) is 8.42 Å². The molecule has 0 spiro atoms. The van der Waals surface area contributed by atoms with Crippen LogP contribution in [0.4, 0.5) is 0 Å². The Morgan fingerprint density at radius 3 is 1.81 bits per heavy atom. The maximum absolute atomic E-state index is 14.1. The summed E-state index contributed by atoms with van der Waals surface area (Å²) in [6, 6.07) is 23.7. The molecule has 1 aliphatic rings. The second kappa shape index (κ2) is 10.1. The number of hydrogen-bond acceptors (Lipinski definition) is 5. The Labute approximate surface area is 212 Å². The molecule has 0 aromatic heterocycles. The van der Waals surface area contributed by atoms with Crippen LogP contribution in [0.25, 0.3) is 5.70 Å². The van der Waals surface area contributed by atoms with Crippen LogP contribution in [-0.4, -0.2) is 47.8 Å². The molecule has 3 aromatic carbocycles. The lowest BCUT2D eigenvalue weighted by Gasteiger charge is -2.42. The van der Waals surface area contributed by atoms with Gasteiger partial charge in [0.1, 0.15) is 5.70 Å². The summed E-state index contributed by atoms with van der Waals surface area (Å²) in [5.41, 5.74) is 1.70. The Morgan fingerprint density at radius 1 is 0.750 bits per heavy atom. The first kappa shape index (κ1) is 25.4. The third-order valence-corrected chi connectivity index (χ3v) is 7.99. The van der Waals surface area contributed by atoms with Crippen molar-refractivity contribution in [3.05, 3.63) is 107 Å². The SMILES string of the molecule is CC(C)N(C1=C(C(=O)c2ccccc2)N(CC(=O)c2ccccc2)S(=O)(=O)c2ccccc21)C(C)C. The molecule has 0 unspecified atom stereocenters. The van der Waals surface area contributed by atoms with Crippen molar-refractivity contribution in [2.45, 2.75) is 44.7 Å². The summed E-state index contributed by atoms with van der Waals surface area (Å²) in [4.78, 5) is 29.5. The fourth-order valence-corrected chi connectivity index (χ4v) is 6.33. The molecule has 0 bridgehead atoms. The maximum Gasteiger partial charge on any atom is 0.265 e. The van der Waals surface area contributed by atoms with E-state index in [2.05, 4.69) is 0 Å². The highest BCUT2D eigenvalue weighted by molar-refractivity contribution is 7.89. The van der Waals surface area contributed by atoms with Crippen LogP contribution in [0.5, 0.6) is 0 Å². The van der Waals surface area contributed by atoms with Crippen molar-refractivity contribution >= 4 is 27.3 Å². The number of fused-ring (bicyclic) bond motifs is 1. The number of hydrogen-bond donors (Lipinski definition) is 0. The van der Waals surface area contributed by atoms with Gasteiger partial charge in [0, 0.05) is 28.8 Å². The fourth-order valence-electron chi connectivity index (χ4n) is 4.70. The van der Waals surface area contributed by atoms with E-state index in [4.69, 9.17) is 0 Å². The van der Waals surface area contributed by atoms with E-state index in [1.165, 1.54) is 6.07 Å². The molecule has 6 nitrogen and oxygen atoms in total. The van der Waals surface area contributed by atoms with Gasteiger partial charge in [0.05, 0.1) is 17.1 Å². The normalized spacial score (nSPS) is 14.7. The topological polar surface area (TPSA) is 74.8 Å². The highest BCUT2D eigenvalue weighted by atomic mass is 32.2. The number of Topliss-reactive ketones (excluding diaryl/α,β-unsaturated/α-hetero) is 2. The lowest BCUT2D eigenvalue weighted by Crippen LogP contribution is -2.46. The summed E-state index contributed by atoms with van der Waals surface area (Å²) in [6.45, 7) is 7.53. The molecule has 3 aromatic rings. The van der Waals surface area contributed by atoms with Gasteiger partial charge in [-0.3, -0.25) is 13.9 Å². The molecule has 4 rings (SSSR count). The van der Waals surface area contributed by atoms with Crippen molar-refractivity contribution in [2.24, 2.45) is 0 Å². The van der Waals surface area contributed by atoms with Gasteiger partial charge >= 0.3 is 0 Å². The first-order chi connectivity index (χ1) is 17.1. The molecule has 7 heteroatoms. The zero-order chi connectivity index (χ0) is 26.0. The van der Waals surface area contributed by atoms with Gasteiger partial charge < -0.3 is 4.90 Å². The second-order valence-corrected chi connectivity index (χ2v) is 11.1. The van der Waals surface area contributed by atoms with Crippen molar-refractivity contribution in [1.29, 1.82) is 0 Å². The Morgan fingerprint density at radius 2 is 1.25 bits per heavy atom. The molecular weight excluding hydrogens is 472 g/mol. The first-order valence-corrected chi connectivity index (χ1v) is 13.4. The third kappa shape index (κ3) is 4.58. The summed E-state index contributed by atoms with van der Waals surface area (Å²) in [5.74, 6) is -0.840. The molecule has 0 fully saturated rings. The number of allylic oxidation sites excluding steroid dienone is 1. The van der Waals surface area contributed by atoms with Gasteiger partial charge in [0.15, 0.2) is 5.78 Å². The van der Waals surface area contributed by atoms with Crippen LogP contribution in [0.3, 0.4) is 0 Å². The van der Waals surface area contributed by atoms with Crippen LogP contribution in [0, 0.1) is 0 Å². The van der Waals surface area contributed by atoms with Crippen molar-refractivity contribution in [3.8, 4) is 0 Å². The van der Waals surface area contributed by atoms with Gasteiger partial charge in [0.2, 0.25) is 5.78 Å². The Kier molecular flexibility index (Phi) is 7.13. The number of rotatable bonds is 8. The lowest BCUT2D eigenvalue weighted by molar-refractivity contribution is 0.0956. The van der Waals surface area contributed by atoms with Gasteiger partial charge in [0.25, 0.3) is 10.0 Å². The van der Waals surface area contributed by atoms with Crippen LogP contribution < -0.4 is 0 Å². The van der Waals surface area contributed by atoms with E-state index < -0.39 is 28.1 Å². The zero-order valence-corrected chi connectivity index (χ0v) is 21.7. The number of carbonyl (C=O) groups is 2. The lowest BCUT2D eigenvalue weighted by atomic mass is 9.99. The van der Waals surface area contributed by atoms with Crippen molar-refractivity contribution in [2.75, 3.05) is 6.54 Å². The molecule has 0 radical (unpaired) electrons. The van der Waals surface area contributed by atoms with E-state index in [0.29, 0.717) is 22.4 Å². The molecule has 0 saturated carbocycles. The molecule has 36 heavy (non-hydrogen) atoms. The maximum atomic E-state index is 14.1. The van der Waals surface area contributed by atoms with E-state index in [0.717, 1.165) is 4.31 Å². The molecule has 0 amide bonds. The van der Waals surface area contributed by atoms with E-state index in [1.54, 1.807) is 78.9 Å². The van der Waals surface area contributed by atoms with E-state index >= 15 is 0 Å². The highest BCUT2D eigenvalue weighted by Crippen LogP contribution is 2.41. The average Bonchev–Trinajstić information content (AvgIpc) is 2.87. The predicted octanol–water partition coefficient (Wildman–Crippen LogP) is 5.24. The monoisotopic (exact) mass is 502 g/mol. The van der Waals surface area contributed by atoms with E-state index in [9.17, 15) is 18.0 Å². The molecule has 0 saturated heterocycles.